The van der Waals surface area contributed by atoms with E-state index in [1.807, 2.05) is 0 Å². The molecule has 0 aromatic heterocycles. The molecule has 0 bridgehead atoms. The molecule has 0 spiro atoms. The minimum atomic E-state index is -1.23. The van der Waals surface area contributed by atoms with Gasteiger partial charge in [0.25, 0.3) is 0 Å². The Morgan fingerprint density at radius 2 is 1.58 bits per heavy atom. The highest BCUT2D eigenvalue weighted by atomic mass is 35.5. The summed E-state index contributed by atoms with van der Waals surface area (Å²) < 4.78 is 0. The lowest BCUT2D eigenvalue weighted by Gasteiger charge is -2.36. The van der Waals surface area contributed by atoms with E-state index >= 15 is 0 Å². The first-order chi connectivity index (χ1) is 8.80. The van der Waals surface area contributed by atoms with Gasteiger partial charge in [-0.05, 0) is 18.4 Å². The van der Waals surface area contributed by atoms with Crippen LogP contribution in [0.25, 0.3) is 0 Å². The summed E-state index contributed by atoms with van der Waals surface area (Å²) in [4.78, 5) is 12.2. The van der Waals surface area contributed by atoms with Crippen LogP contribution >= 0.6 is 11.6 Å². The Morgan fingerprint density at radius 1 is 1.00 bits per heavy atom. The van der Waals surface area contributed by atoms with Crippen LogP contribution < -0.4 is 27.6 Å². The van der Waals surface area contributed by atoms with Gasteiger partial charge >= 0.3 is 0 Å². The number of hydrogen-bond acceptors (Lipinski definition) is 2. The number of benzene rings is 1. The lowest BCUT2D eigenvalue weighted by Crippen LogP contribution is -2.57. The van der Waals surface area contributed by atoms with Crippen molar-refractivity contribution in [3.05, 3.63) is 10.6 Å². The predicted octanol–water partition coefficient (Wildman–Crippen LogP) is -2.19. The summed E-state index contributed by atoms with van der Waals surface area (Å²) in [6.45, 7) is 0. The fourth-order valence-corrected chi connectivity index (χ4v) is 2.92. The highest BCUT2D eigenvalue weighted by Crippen LogP contribution is 2.33. The number of hydrogen-bond donors (Lipinski definition) is 1. The van der Waals surface area contributed by atoms with Crippen LogP contribution in [-0.2, 0) is 10.3 Å². The Kier molecular flexibility index (Phi) is 3.94. The third kappa shape index (κ3) is 2.19. The number of carbonyl (C=O) groups is 1. The van der Waals surface area contributed by atoms with Crippen molar-refractivity contribution in [2.45, 2.75) is 31.2 Å². The van der Waals surface area contributed by atoms with E-state index in [2.05, 4.69) is 0 Å². The van der Waals surface area contributed by atoms with Crippen LogP contribution in [0, 0.1) is 0 Å². The topological polar surface area (TPSA) is 43.1 Å². The second-order valence-electron chi connectivity index (χ2n) is 4.95. The molecule has 1 unspecified atom stereocenters. The summed E-state index contributed by atoms with van der Waals surface area (Å²) in [7, 11) is 23.3. The van der Waals surface area contributed by atoms with Crippen LogP contribution in [0.3, 0.4) is 0 Å². The second-order valence-corrected chi connectivity index (χ2v) is 5.32. The van der Waals surface area contributed by atoms with E-state index in [1.165, 1.54) is 0 Å². The lowest BCUT2D eigenvalue weighted by molar-refractivity contribution is -0.126. The monoisotopic (exact) mass is 263 g/mol. The van der Waals surface area contributed by atoms with Crippen LogP contribution in [0.4, 0.5) is 0 Å². The molecular weight excluding hydrogens is 253 g/mol. The van der Waals surface area contributed by atoms with Crippen molar-refractivity contribution < 1.29 is 4.79 Å². The molecule has 1 aromatic rings. The highest BCUT2D eigenvalue weighted by Gasteiger charge is 2.40. The minimum absolute atomic E-state index is 0.101. The van der Waals surface area contributed by atoms with Crippen LogP contribution in [0.15, 0.2) is 0 Å². The zero-order valence-electron chi connectivity index (χ0n) is 10.5. The van der Waals surface area contributed by atoms with E-state index in [1.54, 1.807) is 0 Å². The van der Waals surface area contributed by atoms with Crippen LogP contribution in [0.5, 0.6) is 0 Å². The van der Waals surface area contributed by atoms with Gasteiger partial charge in [-0.15, -0.1) is 10.9 Å². The molecule has 1 aromatic carbocycles. The Hall–Kier alpha value is -0.600. The summed E-state index contributed by atoms with van der Waals surface area (Å²) in [5, 5.41) is 0.127. The minimum Gasteiger partial charge on any atom is -0.315 e. The SMILES string of the molecule is [B]c1c([B])c([B])c(C2(N)CCCCC2=O)c(Cl)c1[B]. The molecule has 0 heterocycles. The van der Waals surface area contributed by atoms with E-state index in [0.717, 1.165) is 12.8 Å². The number of rotatable bonds is 1. The Labute approximate surface area is 123 Å². The predicted molar refractivity (Wildman–Crippen MR) is 82.3 cm³/mol. The van der Waals surface area contributed by atoms with Crippen molar-refractivity contribution in [3.8, 4) is 0 Å². The molecule has 2 nitrogen and oxygen atoms in total. The highest BCUT2D eigenvalue weighted by molar-refractivity contribution is 6.65. The standard InChI is InChI=1S/C12H10B4ClNO/c13-7-6(11(17)10(16)9(15)8(7)14)12(18)4-2-1-3-5(12)19/h1-4,18H2. The van der Waals surface area contributed by atoms with Gasteiger partial charge < -0.3 is 5.73 Å². The molecule has 1 aliphatic rings. The van der Waals surface area contributed by atoms with Gasteiger partial charge in [0.15, 0.2) is 5.78 Å². The molecule has 88 valence electrons. The van der Waals surface area contributed by atoms with Crippen molar-refractivity contribution >= 4 is 70.6 Å². The fourth-order valence-electron chi connectivity index (χ4n) is 2.55. The molecule has 1 saturated carbocycles. The summed E-state index contributed by atoms with van der Waals surface area (Å²) in [5.41, 5.74) is 5.84. The zero-order chi connectivity index (χ0) is 14.4. The molecule has 0 amide bonds. The molecule has 1 fully saturated rings. The largest absolute Gasteiger partial charge is 0.315 e. The summed E-state index contributed by atoms with van der Waals surface area (Å²) >= 11 is 6.19. The van der Waals surface area contributed by atoms with E-state index < -0.39 is 5.54 Å². The van der Waals surface area contributed by atoms with Gasteiger partial charge in [0.1, 0.15) is 36.9 Å². The second kappa shape index (κ2) is 5.06. The van der Waals surface area contributed by atoms with Crippen LogP contribution in [0.1, 0.15) is 31.2 Å². The van der Waals surface area contributed by atoms with Crippen molar-refractivity contribution in [1.82, 2.24) is 0 Å². The van der Waals surface area contributed by atoms with Crippen molar-refractivity contribution in [3.63, 3.8) is 0 Å². The number of nitrogens with two attached hydrogens (primary N) is 1. The Bertz CT molecular complexity index is 534. The number of Topliss-reactive ketones (excluding diaryl/α,β-unsaturated/α-hetero) is 1. The third-order valence-corrected chi connectivity index (χ3v) is 4.16. The van der Waals surface area contributed by atoms with E-state index in [-0.39, 0.29) is 32.7 Å². The average molecular weight is 263 g/mol. The van der Waals surface area contributed by atoms with Gasteiger partial charge in [-0.2, -0.15) is 0 Å². The molecule has 8 radical (unpaired) electrons. The molecule has 0 aliphatic heterocycles. The smallest absolute Gasteiger partial charge is 0.157 e. The van der Waals surface area contributed by atoms with E-state index in [0.29, 0.717) is 18.4 Å². The van der Waals surface area contributed by atoms with Crippen LogP contribution in [0.2, 0.25) is 5.02 Å². The normalized spacial score (nSPS) is 23.6. The first-order valence-corrected chi connectivity index (χ1v) is 6.42. The summed E-state index contributed by atoms with van der Waals surface area (Å²) in [5.74, 6) is -0.101. The van der Waals surface area contributed by atoms with Crippen molar-refractivity contribution in [2.75, 3.05) is 0 Å². The van der Waals surface area contributed by atoms with Gasteiger partial charge in [-0.1, -0.05) is 28.9 Å². The fraction of sp³-hybridized carbons (Fsp3) is 0.417. The Morgan fingerprint density at radius 3 is 2.16 bits per heavy atom. The van der Waals surface area contributed by atoms with Crippen LogP contribution in [-0.4, -0.2) is 37.2 Å². The maximum absolute atomic E-state index is 12.2. The summed E-state index contributed by atoms with van der Waals surface area (Å²) in [6, 6.07) is 0. The molecule has 7 heteroatoms. The van der Waals surface area contributed by atoms with Gasteiger partial charge in [0, 0.05) is 11.4 Å². The maximum Gasteiger partial charge on any atom is 0.157 e. The third-order valence-electron chi connectivity index (χ3n) is 3.76. The maximum atomic E-state index is 12.2. The quantitative estimate of drug-likeness (QED) is 0.585. The van der Waals surface area contributed by atoms with Gasteiger partial charge in [-0.25, -0.2) is 0 Å². The first-order valence-electron chi connectivity index (χ1n) is 6.04. The lowest BCUT2D eigenvalue weighted by atomic mass is 9.61. The number of ketones is 1. The Balaban J connectivity index is 2.72. The molecule has 19 heavy (non-hydrogen) atoms. The van der Waals surface area contributed by atoms with Gasteiger partial charge in [-0.3, -0.25) is 4.79 Å². The molecule has 1 aliphatic carbocycles. The zero-order valence-corrected chi connectivity index (χ0v) is 11.3. The molecule has 1 atom stereocenters. The molecular formula is C12H10B4ClNO. The van der Waals surface area contributed by atoms with Gasteiger partial charge in [0.2, 0.25) is 0 Å². The average Bonchev–Trinajstić information content (AvgIpc) is 2.38. The molecule has 2 rings (SSSR count). The molecule has 2 N–H and O–H groups in total. The summed E-state index contributed by atoms with van der Waals surface area (Å²) in [6.07, 6.45) is 2.51. The first kappa shape index (κ1) is 14.8. The van der Waals surface area contributed by atoms with Crippen molar-refractivity contribution in [1.29, 1.82) is 0 Å². The van der Waals surface area contributed by atoms with E-state index in [9.17, 15) is 4.79 Å². The van der Waals surface area contributed by atoms with Crippen molar-refractivity contribution in [2.24, 2.45) is 5.73 Å². The molecule has 0 saturated heterocycles. The number of halogens is 1. The van der Waals surface area contributed by atoms with Gasteiger partial charge in [0.05, 0.1) is 0 Å². The van der Waals surface area contributed by atoms with E-state index in [4.69, 9.17) is 48.7 Å². The number of carbonyl (C=O) groups excluding carboxylic acids is 1.